The van der Waals surface area contributed by atoms with Crippen LogP contribution in [-0.4, -0.2) is 44.6 Å². The molecule has 0 spiro atoms. The number of nitrogens with zero attached hydrogens (tertiary/aromatic N) is 3. The van der Waals surface area contributed by atoms with E-state index in [4.69, 9.17) is 16.2 Å². The fourth-order valence-electron chi connectivity index (χ4n) is 2.28. The third-order valence-electron chi connectivity index (χ3n) is 3.57. The second-order valence-electron chi connectivity index (χ2n) is 5.31. The second kappa shape index (κ2) is 6.98. The van der Waals surface area contributed by atoms with Gasteiger partial charge in [0.05, 0.1) is 7.11 Å². The van der Waals surface area contributed by atoms with E-state index in [2.05, 4.69) is 28.2 Å². The molecule has 1 aromatic rings. The lowest BCUT2D eigenvalue weighted by Crippen LogP contribution is -2.32. The highest BCUT2D eigenvalue weighted by Crippen LogP contribution is 2.32. The molecule has 0 radical (unpaired) electrons. The number of hydrogen-bond donors (Lipinski definition) is 2. The molecule has 0 heterocycles. The molecule has 0 aliphatic heterocycles. The van der Waals surface area contributed by atoms with Gasteiger partial charge in [-0.15, -0.1) is 0 Å². The molecule has 0 bridgehead atoms. The van der Waals surface area contributed by atoms with E-state index in [0.29, 0.717) is 12.5 Å². The van der Waals surface area contributed by atoms with Crippen LogP contribution in [0.2, 0.25) is 0 Å². The van der Waals surface area contributed by atoms with E-state index in [0.717, 1.165) is 18.6 Å². The summed E-state index contributed by atoms with van der Waals surface area (Å²) in [6, 6.07) is 6.17. The van der Waals surface area contributed by atoms with Gasteiger partial charge in [0.15, 0.2) is 5.96 Å². The maximum Gasteiger partial charge on any atom is 0.218 e. The average molecular weight is 301 g/mol. The van der Waals surface area contributed by atoms with Gasteiger partial charge in [0, 0.05) is 20.6 Å². The van der Waals surface area contributed by atoms with Gasteiger partial charge in [0.25, 0.3) is 0 Å². The molecular formula is C16H23N5O. The zero-order valence-electron chi connectivity index (χ0n) is 13.3. The van der Waals surface area contributed by atoms with Crippen LogP contribution in [0.15, 0.2) is 34.3 Å². The number of benzene rings is 1. The zero-order valence-corrected chi connectivity index (χ0v) is 13.3. The Labute approximate surface area is 131 Å². The van der Waals surface area contributed by atoms with Crippen LogP contribution in [0.1, 0.15) is 17.5 Å². The molecule has 0 saturated carbocycles. The molecule has 2 rings (SSSR count). The topological polar surface area (TPSA) is 89.2 Å². The Morgan fingerprint density at radius 1 is 1.32 bits per heavy atom. The monoisotopic (exact) mass is 301 g/mol. The summed E-state index contributed by atoms with van der Waals surface area (Å²) in [7, 11) is 5.29. The normalized spacial score (nSPS) is 14.6. The summed E-state index contributed by atoms with van der Waals surface area (Å²) in [4.78, 5) is 9.96. The fraction of sp³-hybridized carbons (Fsp3) is 0.375. The first-order valence-corrected chi connectivity index (χ1v) is 7.19. The van der Waals surface area contributed by atoms with Crippen LogP contribution in [0.25, 0.3) is 5.57 Å². The third kappa shape index (κ3) is 3.78. The Bertz CT molecular complexity index is 631. The quantitative estimate of drug-likeness (QED) is 0.646. The van der Waals surface area contributed by atoms with Crippen molar-refractivity contribution in [2.75, 3.05) is 27.7 Å². The van der Waals surface area contributed by atoms with Crippen LogP contribution in [-0.2, 0) is 6.42 Å². The van der Waals surface area contributed by atoms with Crippen molar-refractivity contribution in [3.05, 3.63) is 35.4 Å². The van der Waals surface area contributed by atoms with Gasteiger partial charge in [-0.3, -0.25) is 4.99 Å². The number of methoxy groups -OCH3 is 1. The number of allylic oxidation sites excluding steroid dienone is 1. The van der Waals surface area contributed by atoms with Crippen molar-refractivity contribution in [2.45, 2.75) is 12.8 Å². The van der Waals surface area contributed by atoms with Crippen molar-refractivity contribution < 1.29 is 4.74 Å². The first-order chi connectivity index (χ1) is 10.5. The largest absolute Gasteiger partial charge is 0.497 e. The van der Waals surface area contributed by atoms with Crippen molar-refractivity contribution in [2.24, 2.45) is 21.5 Å². The van der Waals surface area contributed by atoms with Crippen molar-refractivity contribution in [1.29, 1.82) is 0 Å². The van der Waals surface area contributed by atoms with E-state index < -0.39 is 0 Å². The number of aliphatic imine (C=N–C) groups is 2. The number of nitrogens with two attached hydrogens (primary N) is 2. The smallest absolute Gasteiger partial charge is 0.218 e. The maximum atomic E-state index is 5.75. The van der Waals surface area contributed by atoms with Gasteiger partial charge in [0.2, 0.25) is 5.96 Å². The molecule has 6 nitrogen and oxygen atoms in total. The molecule has 0 saturated heterocycles. The third-order valence-corrected chi connectivity index (χ3v) is 3.57. The molecule has 4 N–H and O–H groups in total. The van der Waals surface area contributed by atoms with Crippen molar-refractivity contribution in [3.63, 3.8) is 0 Å². The van der Waals surface area contributed by atoms with Crippen LogP contribution < -0.4 is 16.2 Å². The van der Waals surface area contributed by atoms with E-state index in [1.807, 2.05) is 6.07 Å². The number of ether oxygens (including phenoxy) is 1. The Hall–Kier alpha value is -2.50. The first kappa shape index (κ1) is 15.9. The molecule has 0 aromatic heterocycles. The van der Waals surface area contributed by atoms with Crippen molar-refractivity contribution in [1.82, 2.24) is 4.90 Å². The molecule has 22 heavy (non-hydrogen) atoms. The van der Waals surface area contributed by atoms with Gasteiger partial charge >= 0.3 is 0 Å². The van der Waals surface area contributed by atoms with Crippen LogP contribution in [0.4, 0.5) is 0 Å². The van der Waals surface area contributed by atoms with E-state index >= 15 is 0 Å². The number of guanidine groups is 2. The summed E-state index contributed by atoms with van der Waals surface area (Å²) in [5.74, 6) is 1.42. The summed E-state index contributed by atoms with van der Waals surface area (Å²) in [5.41, 5.74) is 15.3. The number of hydrogen-bond acceptors (Lipinski definition) is 2. The van der Waals surface area contributed by atoms with E-state index in [1.54, 1.807) is 26.1 Å². The highest BCUT2D eigenvalue weighted by Gasteiger charge is 2.14. The van der Waals surface area contributed by atoms with E-state index in [1.165, 1.54) is 16.7 Å². The molecule has 0 amide bonds. The van der Waals surface area contributed by atoms with Crippen LogP contribution in [0.3, 0.4) is 0 Å². The van der Waals surface area contributed by atoms with Crippen molar-refractivity contribution >= 4 is 17.5 Å². The van der Waals surface area contributed by atoms with E-state index in [-0.39, 0.29) is 5.96 Å². The minimum absolute atomic E-state index is 0.204. The summed E-state index contributed by atoms with van der Waals surface area (Å²) in [6.45, 7) is 0.582. The fourth-order valence-corrected chi connectivity index (χ4v) is 2.28. The van der Waals surface area contributed by atoms with E-state index in [9.17, 15) is 0 Å². The molecule has 118 valence electrons. The lowest BCUT2D eigenvalue weighted by atomic mass is 10.0. The Morgan fingerprint density at radius 3 is 2.77 bits per heavy atom. The minimum atomic E-state index is 0.204. The van der Waals surface area contributed by atoms with Gasteiger partial charge in [-0.25, -0.2) is 0 Å². The molecule has 0 fully saturated rings. The summed E-state index contributed by atoms with van der Waals surface area (Å²) < 4.78 is 5.29. The molecule has 1 aliphatic rings. The predicted octanol–water partition coefficient (Wildman–Crippen LogP) is 1.22. The SMILES string of the molecule is COc1ccc2c(c1)C(CCN=C(N)N=C(N)N(C)C)=CC2. The molecule has 6 heteroatoms. The Kier molecular flexibility index (Phi) is 5.04. The van der Waals surface area contributed by atoms with Crippen LogP contribution >= 0.6 is 0 Å². The van der Waals surface area contributed by atoms with Gasteiger partial charge in [-0.05, 0) is 41.7 Å². The molecule has 1 aromatic carbocycles. The predicted molar refractivity (Wildman–Crippen MR) is 91.1 cm³/mol. The zero-order chi connectivity index (χ0) is 16.1. The summed E-state index contributed by atoms with van der Waals surface area (Å²) >= 11 is 0. The molecule has 1 aliphatic carbocycles. The number of fused-ring (bicyclic) bond motifs is 1. The molecular weight excluding hydrogens is 278 g/mol. The summed E-state index contributed by atoms with van der Waals surface area (Å²) in [5, 5.41) is 0. The highest BCUT2D eigenvalue weighted by atomic mass is 16.5. The minimum Gasteiger partial charge on any atom is -0.497 e. The van der Waals surface area contributed by atoms with Gasteiger partial charge in [-0.1, -0.05) is 12.1 Å². The Balaban J connectivity index is 1.99. The standard InChI is InChI=1S/C16H23N5O/c1-21(2)16(18)20-15(17)19-9-8-12-5-4-11-6-7-13(22-3)10-14(11)12/h5-7,10H,4,8-9H2,1-3H3,(H4,17,18,19,20). The molecule has 0 unspecified atom stereocenters. The lowest BCUT2D eigenvalue weighted by molar-refractivity contribution is 0.414. The number of rotatable bonds is 4. The van der Waals surface area contributed by atoms with Crippen molar-refractivity contribution in [3.8, 4) is 5.75 Å². The average Bonchev–Trinajstić information content (AvgIpc) is 2.89. The Morgan fingerprint density at radius 2 is 2.09 bits per heavy atom. The maximum absolute atomic E-state index is 5.75. The summed E-state index contributed by atoms with van der Waals surface area (Å²) in [6.07, 6.45) is 4.01. The second-order valence-corrected chi connectivity index (χ2v) is 5.31. The van der Waals surface area contributed by atoms with Gasteiger partial charge < -0.3 is 21.1 Å². The molecule has 0 atom stereocenters. The van der Waals surface area contributed by atoms with Gasteiger partial charge in [0.1, 0.15) is 5.75 Å². The highest BCUT2D eigenvalue weighted by molar-refractivity contribution is 5.93. The van der Waals surface area contributed by atoms with Crippen LogP contribution in [0, 0.1) is 0 Å². The van der Waals surface area contributed by atoms with Gasteiger partial charge in [-0.2, -0.15) is 4.99 Å². The van der Waals surface area contributed by atoms with Crippen LogP contribution in [0.5, 0.6) is 5.75 Å². The lowest BCUT2D eigenvalue weighted by Gasteiger charge is -2.10. The first-order valence-electron chi connectivity index (χ1n) is 7.19.